The van der Waals surface area contributed by atoms with Gasteiger partial charge in [0, 0.05) is 35.6 Å². The van der Waals surface area contributed by atoms with Crippen molar-refractivity contribution in [2.24, 2.45) is 0 Å². The summed E-state index contributed by atoms with van der Waals surface area (Å²) < 4.78 is 10.4. The summed E-state index contributed by atoms with van der Waals surface area (Å²) in [5, 5.41) is 0. The summed E-state index contributed by atoms with van der Waals surface area (Å²) in [5.74, 6) is -0.242. The van der Waals surface area contributed by atoms with Gasteiger partial charge in [-0.15, -0.1) is 0 Å². The summed E-state index contributed by atoms with van der Waals surface area (Å²) in [5.41, 5.74) is 6.55. The highest BCUT2D eigenvalue weighted by Crippen LogP contribution is 2.30. The van der Waals surface area contributed by atoms with Gasteiger partial charge in [0.2, 0.25) is 0 Å². The van der Waals surface area contributed by atoms with Gasteiger partial charge in [-0.1, -0.05) is 68.8 Å². The number of ether oxygens (including phenoxy) is 2. The standard InChI is InChI=1S/C36H38N2O4/c1-25(2)35(39)41-28(6)10-9-27(5)29-11-17-32(18-12-29)38(24-23-37(7)8)33-19-13-30(14-20-33)31-15-21-34(22-16-31)42-36(40)26(3)4/h9-22H,1,3,5-6,23-24H2,2,4,7-8H3/b10-9-. The molecule has 0 saturated heterocycles. The van der Waals surface area contributed by atoms with E-state index in [0.717, 1.165) is 46.7 Å². The first-order chi connectivity index (χ1) is 19.9. The third-order valence-corrected chi connectivity index (χ3v) is 6.29. The highest BCUT2D eigenvalue weighted by atomic mass is 16.5. The summed E-state index contributed by atoms with van der Waals surface area (Å²) in [7, 11) is 4.11. The summed E-state index contributed by atoms with van der Waals surface area (Å²) in [6.45, 7) is 19.9. The average molecular weight is 563 g/mol. The largest absolute Gasteiger partial charge is 0.424 e. The zero-order valence-corrected chi connectivity index (χ0v) is 24.9. The van der Waals surface area contributed by atoms with Gasteiger partial charge in [-0.05, 0) is 92.7 Å². The minimum absolute atomic E-state index is 0.223. The molecule has 0 N–H and O–H groups in total. The zero-order valence-electron chi connectivity index (χ0n) is 24.9. The maximum atomic E-state index is 11.8. The molecule has 3 rings (SSSR count). The SMILES string of the molecule is C=C(/C=C\C(=C)c1ccc(N(CCN(C)C)c2ccc(-c3ccc(OC(=O)C(=C)C)cc3)cc2)cc1)OC(=O)C(=C)C. The normalized spacial score (nSPS) is 10.8. The Hall–Kier alpha value is -4.94. The van der Waals surface area contributed by atoms with Gasteiger partial charge in [-0.3, -0.25) is 0 Å². The number of carbonyl (C=O) groups is 2. The van der Waals surface area contributed by atoms with Crippen LogP contribution in [0.2, 0.25) is 0 Å². The van der Waals surface area contributed by atoms with Crippen LogP contribution in [0.4, 0.5) is 11.4 Å². The molecule has 42 heavy (non-hydrogen) atoms. The van der Waals surface area contributed by atoms with E-state index < -0.39 is 11.9 Å². The van der Waals surface area contributed by atoms with E-state index in [2.05, 4.69) is 86.6 Å². The molecule has 0 radical (unpaired) electrons. The van der Waals surface area contributed by atoms with Crippen LogP contribution in [0.1, 0.15) is 19.4 Å². The molecular weight excluding hydrogens is 524 g/mol. The fourth-order valence-corrected chi connectivity index (χ4v) is 3.84. The maximum absolute atomic E-state index is 11.8. The van der Waals surface area contributed by atoms with Crippen LogP contribution < -0.4 is 9.64 Å². The molecule has 0 saturated carbocycles. The number of nitrogens with zero attached hydrogens (tertiary/aromatic N) is 2. The summed E-state index contributed by atoms with van der Waals surface area (Å²) in [6.07, 6.45) is 3.38. The minimum Gasteiger partial charge on any atom is -0.424 e. The number of esters is 2. The van der Waals surface area contributed by atoms with Crippen LogP contribution in [0, 0.1) is 0 Å². The second-order valence-corrected chi connectivity index (χ2v) is 10.2. The predicted molar refractivity (Wildman–Crippen MR) is 173 cm³/mol. The molecule has 0 amide bonds. The molecule has 0 unspecified atom stereocenters. The van der Waals surface area contributed by atoms with Crippen LogP contribution in [-0.2, 0) is 14.3 Å². The average Bonchev–Trinajstić information content (AvgIpc) is 2.96. The lowest BCUT2D eigenvalue weighted by molar-refractivity contribution is -0.134. The molecule has 3 aromatic rings. The Morgan fingerprint density at radius 1 is 0.690 bits per heavy atom. The van der Waals surface area contributed by atoms with Crippen LogP contribution in [-0.4, -0.2) is 44.0 Å². The second-order valence-electron chi connectivity index (χ2n) is 10.2. The van der Waals surface area contributed by atoms with Gasteiger partial charge in [-0.25, -0.2) is 9.59 Å². The second kappa shape index (κ2) is 14.6. The molecule has 3 aromatic carbocycles. The smallest absolute Gasteiger partial charge is 0.338 e. The van der Waals surface area contributed by atoms with E-state index in [-0.39, 0.29) is 5.76 Å². The van der Waals surface area contributed by atoms with E-state index >= 15 is 0 Å². The predicted octanol–water partition coefficient (Wildman–Crippen LogP) is 7.74. The summed E-state index contributed by atoms with van der Waals surface area (Å²) in [6, 6.07) is 24.0. The van der Waals surface area contributed by atoms with Gasteiger partial charge in [0.25, 0.3) is 0 Å². The van der Waals surface area contributed by atoms with E-state index in [1.807, 2.05) is 24.3 Å². The van der Waals surface area contributed by atoms with Crippen LogP contribution in [0.5, 0.6) is 5.75 Å². The molecule has 0 bridgehead atoms. The van der Waals surface area contributed by atoms with Crippen molar-refractivity contribution in [3.63, 3.8) is 0 Å². The highest BCUT2D eigenvalue weighted by molar-refractivity contribution is 5.89. The Kier molecular flexibility index (Phi) is 11.0. The van der Waals surface area contributed by atoms with E-state index in [1.165, 1.54) is 0 Å². The number of anilines is 2. The molecule has 0 fully saturated rings. The van der Waals surface area contributed by atoms with Crippen molar-refractivity contribution in [3.8, 4) is 16.9 Å². The monoisotopic (exact) mass is 562 g/mol. The van der Waals surface area contributed by atoms with Crippen molar-refractivity contribution in [3.05, 3.63) is 134 Å². The van der Waals surface area contributed by atoms with Crippen molar-refractivity contribution in [1.29, 1.82) is 0 Å². The molecule has 6 heteroatoms. The number of benzene rings is 3. The number of hydrogen-bond donors (Lipinski definition) is 0. The van der Waals surface area contributed by atoms with Crippen LogP contribution in [0.25, 0.3) is 16.7 Å². The van der Waals surface area contributed by atoms with Gasteiger partial charge in [0.05, 0.1) is 0 Å². The molecular formula is C36H38N2O4. The van der Waals surface area contributed by atoms with E-state index in [0.29, 0.717) is 16.9 Å². The zero-order chi connectivity index (χ0) is 30.8. The fourth-order valence-electron chi connectivity index (χ4n) is 3.84. The van der Waals surface area contributed by atoms with Crippen molar-refractivity contribution < 1.29 is 19.1 Å². The maximum Gasteiger partial charge on any atom is 0.338 e. The van der Waals surface area contributed by atoms with Crippen LogP contribution >= 0.6 is 0 Å². The number of hydrogen-bond acceptors (Lipinski definition) is 6. The van der Waals surface area contributed by atoms with Gasteiger partial charge in [0.15, 0.2) is 0 Å². The quantitative estimate of drug-likeness (QED) is 0.0698. The molecule has 0 aliphatic rings. The third-order valence-electron chi connectivity index (χ3n) is 6.29. The molecule has 0 atom stereocenters. The van der Waals surface area contributed by atoms with E-state index in [1.54, 1.807) is 38.1 Å². The number of rotatable bonds is 13. The fraction of sp³-hybridized carbons (Fsp3) is 0.167. The lowest BCUT2D eigenvalue weighted by Crippen LogP contribution is -2.28. The summed E-state index contributed by atoms with van der Waals surface area (Å²) in [4.78, 5) is 27.9. The molecule has 0 spiro atoms. The lowest BCUT2D eigenvalue weighted by atomic mass is 10.0. The van der Waals surface area contributed by atoms with Crippen molar-refractivity contribution in [1.82, 2.24) is 4.90 Å². The first kappa shape index (κ1) is 31.6. The van der Waals surface area contributed by atoms with Crippen molar-refractivity contribution in [2.45, 2.75) is 13.8 Å². The molecule has 0 heterocycles. The van der Waals surface area contributed by atoms with E-state index in [9.17, 15) is 9.59 Å². The van der Waals surface area contributed by atoms with Gasteiger partial charge >= 0.3 is 11.9 Å². The molecule has 0 aromatic heterocycles. The Bertz CT molecular complexity index is 1500. The first-order valence-electron chi connectivity index (χ1n) is 13.5. The Morgan fingerprint density at radius 2 is 1.19 bits per heavy atom. The number of carbonyl (C=O) groups excluding carboxylic acids is 2. The lowest BCUT2D eigenvalue weighted by Gasteiger charge is -2.27. The molecule has 0 aliphatic carbocycles. The molecule has 0 aliphatic heterocycles. The topological polar surface area (TPSA) is 59.1 Å². The molecule has 6 nitrogen and oxygen atoms in total. The number of allylic oxidation sites excluding steroid dienone is 3. The first-order valence-corrected chi connectivity index (χ1v) is 13.5. The van der Waals surface area contributed by atoms with E-state index in [4.69, 9.17) is 9.47 Å². The Balaban J connectivity index is 1.75. The summed E-state index contributed by atoms with van der Waals surface area (Å²) >= 11 is 0. The van der Waals surface area contributed by atoms with Gasteiger partial charge in [0.1, 0.15) is 11.5 Å². The Labute approximate surface area is 249 Å². The molecule has 216 valence electrons. The van der Waals surface area contributed by atoms with Crippen molar-refractivity contribution in [2.75, 3.05) is 32.1 Å². The minimum atomic E-state index is -0.509. The van der Waals surface area contributed by atoms with Crippen LogP contribution in [0.3, 0.4) is 0 Å². The van der Waals surface area contributed by atoms with Crippen molar-refractivity contribution >= 4 is 28.9 Å². The van der Waals surface area contributed by atoms with Gasteiger partial charge < -0.3 is 19.3 Å². The number of likely N-dealkylation sites (N-methyl/N-ethyl adjacent to an activating group) is 1. The highest BCUT2D eigenvalue weighted by Gasteiger charge is 2.12. The Morgan fingerprint density at radius 3 is 1.69 bits per heavy atom. The van der Waals surface area contributed by atoms with Crippen LogP contribution in [0.15, 0.2) is 128 Å². The third kappa shape index (κ3) is 9.04. The van der Waals surface area contributed by atoms with Gasteiger partial charge in [-0.2, -0.15) is 0 Å².